The molecule has 0 radical (unpaired) electrons. The van der Waals surface area contributed by atoms with E-state index in [-0.39, 0.29) is 12.0 Å². The van der Waals surface area contributed by atoms with Crippen LogP contribution in [0.1, 0.15) is 37.9 Å². The Balaban J connectivity index is 2.20. The van der Waals surface area contributed by atoms with Gasteiger partial charge in [-0.1, -0.05) is 6.07 Å². The van der Waals surface area contributed by atoms with Crippen molar-refractivity contribution in [1.29, 1.82) is 0 Å². The maximum absolute atomic E-state index is 12.0. The molecular weight excluding hydrogens is 216 g/mol. The van der Waals surface area contributed by atoms with E-state index in [4.69, 9.17) is 10.5 Å². The van der Waals surface area contributed by atoms with Crippen LogP contribution < -0.4 is 11.1 Å². The van der Waals surface area contributed by atoms with Crippen LogP contribution in [0.2, 0.25) is 0 Å². The summed E-state index contributed by atoms with van der Waals surface area (Å²) in [6.07, 6.45) is 0. The average Bonchev–Trinajstić information content (AvgIpc) is 2.57. The normalized spacial score (nSPS) is 18.9. The fourth-order valence-corrected chi connectivity index (χ4v) is 1.95. The molecule has 0 aliphatic carbocycles. The van der Waals surface area contributed by atoms with Gasteiger partial charge in [-0.05, 0) is 44.0 Å². The molecule has 0 bridgehead atoms. The van der Waals surface area contributed by atoms with E-state index in [1.807, 2.05) is 39.0 Å². The highest BCUT2D eigenvalue weighted by molar-refractivity contribution is 5.79. The van der Waals surface area contributed by atoms with Crippen molar-refractivity contribution >= 4 is 11.7 Å². The highest BCUT2D eigenvalue weighted by Crippen LogP contribution is 2.28. The third-order valence-corrected chi connectivity index (χ3v) is 2.62. The van der Waals surface area contributed by atoms with Crippen molar-refractivity contribution in [3.8, 4) is 0 Å². The SMILES string of the molecule is CC(C)(C)OC(=O)C1NCc2cc(N)ccc21. The fraction of sp³-hybridized carbons (Fsp3) is 0.462. The number of benzene rings is 1. The van der Waals surface area contributed by atoms with Gasteiger partial charge in [-0.15, -0.1) is 0 Å². The molecule has 92 valence electrons. The van der Waals surface area contributed by atoms with E-state index in [2.05, 4.69) is 5.32 Å². The van der Waals surface area contributed by atoms with Gasteiger partial charge in [0.1, 0.15) is 11.6 Å². The highest BCUT2D eigenvalue weighted by Gasteiger charge is 2.31. The lowest BCUT2D eigenvalue weighted by molar-refractivity contribution is -0.157. The first-order chi connectivity index (χ1) is 7.87. The van der Waals surface area contributed by atoms with E-state index in [0.29, 0.717) is 6.54 Å². The van der Waals surface area contributed by atoms with Crippen molar-refractivity contribution in [1.82, 2.24) is 5.32 Å². The van der Waals surface area contributed by atoms with Gasteiger partial charge in [-0.3, -0.25) is 5.32 Å². The molecule has 1 aromatic carbocycles. The van der Waals surface area contributed by atoms with Crippen LogP contribution in [0.4, 0.5) is 5.69 Å². The van der Waals surface area contributed by atoms with Gasteiger partial charge in [0, 0.05) is 12.2 Å². The minimum absolute atomic E-state index is 0.235. The molecule has 1 aliphatic heterocycles. The predicted molar refractivity (Wildman–Crippen MR) is 66.3 cm³/mol. The van der Waals surface area contributed by atoms with Gasteiger partial charge >= 0.3 is 5.97 Å². The van der Waals surface area contributed by atoms with Crippen molar-refractivity contribution in [3.05, 3.63) is 29.3 Å². The summed E-state index contributed by atoms with van der Waals surface area (Å²) < 4.78 is 5.38. The minimum atomic E-state index is -0.463. The lowest BCUT2D eigenvalue weighted by Crippen LogP contribution is -2.31. The van der Waals surface area contributed by atoms with E-state index in [1.54, 1.807) is 0 Å². The molecule has 1 heterocycles. The second-order valence-corrected chi connectivity index (χ2v) is 5.31. The minimum Gasteiger partial charge on any atom is -0.459 e. The average molecular weight is 234 g/mol. The van der Waals surface area contributed by atoms with Gasteiger partial charge in [-0.25, -0.2) is 4.79 Å². The van der Waals surface area contributed by atoms with Crippen molar-refractivity contribution in [2.75, 3.05) is 5.73 Å². The molecule has 0 amide bonds. The molecule has 4 heteroatoms. The molecule has 4 nitrogen and oxygen atoms in total. The Hall–Kier alpha value is -1.55. The number of carbonyl (C=O) groups is 1. The summed E-state index contributed by atoms with van der Waals surface area (Å²) in [5.74, 6) is -0.235. The van der Waals surface area contributed by atoms with Gasteiger partial charge in [-0.2, -0.15) is 0 Å². The third kappa shape index (κ3) is 2.58. The van der Waals surface area contributed by atoms with E-state index < -0.39 is 5.60 Å². The monoisotopic (exact) mass is 234 g/mol. The molecule has 17 heavy (non-hydrogen) atoms. The molecule has 2 rings (SSSR count). The number of hydrogen-bond donors (Lipinski definition) is 2. The second-order valence-electron chi connectivity index (χ2n) is 5.31. The molecule has 1 atom stereocenters. The molecule has 0 fully saturated rings. The van der Waals surface area contributed by atoms with E-state index in [0.717, 1.165) is 16.8 Å². The maximum Gasteiger partial charge on any atom is 0.328 e. The molecule has 0 saturated heterocycles. The van der Waals surface area contributed by atoms with Gasteiger partial charge in [0.05, 0.1) is 0 Å². The summed E-state index contributed by atoms with van der Waals surface area (Å²) in [4.78, 5) is 12.0. The first-order valence-corrected chi connectivity index (χ1v) is 5.71. The van der Waals surface area contributed by atoms with Crippen LogP contribution in [-0.2, 0) is 16.1 Å². The summed E-state index contributed by atoms with van der Waals surface area (Å²) in [6, 6.07) is 5.22. The highest BCUT2D eigenvalue weighted by atomic mass is 16.6. The molecule has 1 unspecified atom stereocenters. The molecule has 1 aromatic rings. The number of fused-ring (bicyclic) bond motifs is 1. The quantitative estimate of drug-likeness (QED) is 0.574. The second kappa shape index (κ2) is 4.04. The van der Waals surface area contributed by atoms with Crippen LogP contribution in [0.5, 0.6) is 0 Å². The number of ether oxygens (including phenoxy) is 1. The van der Waals surface area contributed by atoms with Crippen LogP contribution in [0.3, 0.4) is 0 Å². The Morgan fingerprint density at radius 2 is 2.18 bits per heavy atom. The summed E-state index contributed by atoms with van der Waals surface area (Å²) in [7, 11) is 0. The van der Waals surface area contributed by atoms with Crippen LogP contribution >= 0.6 is 0 Å². The van der Waals surface area contributed by atoms with E-state index >= 15 is 0 Å². The number of anilines is 1. The Bertz CT molecular complexity index is 449. The van der Waals surface area contributed by atoms with E-state index in [1.165, 1.54) is 0 Å². The molecule has 0 saturated carbocycles. The van der Waals surface area contributed by atoms with Crippen LogP contribution in [-0.4, -0.2) is 11.6 Å². The van der Waals surface area contributed by atoms with Crippen molar-refractivity contribution < 1.29 is 9.53 Å². The Morgan fingerprint density at radius 3 is 2.82 bits per heavy atom. The van der Waals surface area contributed by atoms with Gasteiger partial charge in [0.15, 0.2) is 0 Å². The number of rotatable bonds is 1. The standard InChI is InChI=1S/C13H18N2O2/c1-13(2,3)17-12(16)11-10-5-4-9(14)6-8(10)7-15-11/h4-6,11,15H,7,14H2,1-3H3. The predicted octanol–water partition coefficient (Wildman–Crippen LogP) is 1.75. The zero-order chi connectivity index (χ0) is 12.6. The first kappa shape index (κ1) is 11.9. The Morgan fingerprint density at radius 1 is 1.47 bits per heavy atom. The number of nitrogens with one attached hydrogen (secondary N) is 1. The van der Waals surface area contributed by atoms with Crippen LogP contribution in [0.15, 0.2) is 18.2 Å². The van der Waals surface area contributed by atoms with Crippen molar-refractivity contribution in [3.63, 3.8) is 0 Å². The van der Waals surface area contributed by atoms with Gasteiger partial charge in [0.2, 0.25) is 0 Å². The number of nitrogen functional groups attached to an aromatic ring is 1. The van der Waals surface area contributed by atoms with E-state index in [9.17, 15) is 4.79 Å². The number of carbonyl (C=O) groups excluding carboxylic acids is 1. The zero-order valence-corrected chi connectivity index (χ0v) is 10.4. The van der Waals surface area contributed by atoms with Crippen molar-refractivity contribution in [2.45, 2.75) is 39.0 Å². The van der Waals surface area contributed by atoms with Crippen molar-refractivity contribution in [2.24, 2.45) is 0 Å². The van der Waals surface area contributed by atoms with Crippen LogP contribution in [0.25, 0.3) is 0 Å². The zero-order valence-electron chi connectivity index (χ0n) is 10.4. The summed E-state index contributed by atoms with van der Waals surface area (Å²) >= 11 is 0. The first-order valence-electron chi connectivity index (χ1n) is 5.71. The summed E-state index contributed by atoms with van der Waals surface area (Å²) in [5.41, 5.74) is 8.00. The maximum atomic E-state index is 12.0. The topological polar surface area (TPSA) is 64.3 Å². The molecule has 3 N–H and O–H groups in total. The van der Waals surface area contributed by atoms with Crippen LogP contribution in [0, 0.1) is 0 Å². The number of nitrogens with two attached hydrogens (primary N) is 1. The smallest absolute Gasteiger partial charge is 0.328 e. The third-order valence-electron chi connectivity index (χ3n) is 2.62. The van der Waals surface area contributed by atoms with Gasteiger partial charge < -0.3 is 10.5 Å². The Kier molecular flexibility index (Phi) is 2.83. The molecule has 1 aliphatic rings. The molecular formula is C13H18N2O2. The molecule has 0 aromatic heterocycles. The summed E-state index contributed by atoms with van der Waals surface area (Å²) in [5, 5.41) is 3.14. The summed E-state index contributed by atoms with van der Waals surface area (Å²) in [6.45, 7) is 6.25. The number of hydrogen-bond acceptors (Lipinski definition) is 4. The Labute approximate surface area is 101 Å². The number of esters is 1. The molecule has 0 spiro atoms. The van der Waals surface area contributed by atoms with Gasteiger partial charge in [0.25, 0.3) is 0 Å². The largest absolute Gasteiger partial charge is 0.459 e. The lowest BCUT2D eigenvalue weighted by Gasteiger charge is -2.22. The fourth-order valence-electron chi connectivity index (χ4n) is 1.95. The lowest BCUT2D eigenvalue weighted by atomic mass is 10.0.